The molecule has 5 fully saturated rings. The van der Waals surface area contributed by atoms with Gasteiger partial charge in [-0.25, -0.2) is 0 Å². The second kappa shape index (κ2) is 35.9. The van der Waals surface area contributed by atoms with Crippen molar-refractivity contribution in [1.29, 1.82) is 0 Å². The van der Waals surface area contributed by atoms with Gasteiger partial charge in [0, 0.05) is 134 Å². The van der Waals surface area contributed by atoms with E-state index in [0.717, 1.165) is 108 Å². The van der Waals surface area contributed by atoms with Crippen LogP contribution in [0.25, 0.3) is 16.7 Å². The average Bonchev–Trinajstić information content (AvgIpc) is 3.21. The molecule has 85 heavy (non-hydrogen) atoms. The molecule has 2 amide bonds. The Bertz CT molecular complexity index is 2800. The minimum absolute atomic E-state index is 0.0954. The molecular weight excluding hydrogens is 1140 g/mol. The number of piperidine rings is 2. The zero-order valence-electron chi connectivity index (χ0n) is 53.7. The van der Waals surface area contributed by atoms with E-state index in [-0.39, 0.29) is 17.4 Å². The standard InChI is InChI=1S/C30H35Cl2N3O2S.C28H41N3O.C4H4OS.C4H8.C3H8.C2H6/c1-20-17-34(27-8-10-33(11-9-27)30(36)28-18-38-19-29(28)37-3)12-13-35(20)21(2)22-4-6-23(7-5-22)24-14-25(31)16-26(32)15-24;1-7-9-26(10-8-2)27-13-11-25(12-14-27)23(4)31-20-19-30(21-22(31)3)28(6)15-17-29(18-16-28)24(5)32;5-4-1-2-6-3-4;1-4-2-3-4;1-3-2;1-2/h4-7,14-16,18-21,27H,8-13,17H2,1-3H3;7-14,22-23H,1,15-21H2,2-6H3;1-3,5H;4H,2-3H2,1H3;3H2,1-2H3;1-2H3/b;10-8-,26-9+;;;;/t20-,21+;22-,23+;;;;/m11..../s1. The number of halogens is 2. The number of nitrogens with zero attached hydrogens (tertiary/aromatic N) is 6. The fourth-order valence-corrected chi connectivity index (χ4v) is 13.6. The Morgan fingerprint density at radius 2 is 1.29 bits per heavy atom. The fourth-order valence-electron chi connectivity index (χ4n) is 11.8. The molecule has 0 bridgehead atoms. The Morgan fingerprint density at radius 1 is 0.741 bits per heavy atom. The van der Waals surface area contributed by atoms with Gasteiger partial charge in [-0.3, -0.25) is 29.2 Å². The van der Waals surface area contributed by atoms with Crippen molar-refractivity contribution in [3.8, 4) is 22.6 Å². The molecule has 0 unspecified atom stereocenters. The van der Waals surface area contributed by atoms with Crippen molar-refractivity contribution in [2.75, 3.05) is 72.6 Å². The second-order valence-electron chi connectivity index (χ2n) is 23.5. The highest BCUT2D eigenvalue weighted by atomic mass is 35.5. The molecular formula is C71H102Cl2N6O4S2. The maximum atomic E-state index is 13.0. The average molecular weight is 1240 g/mol. The van der Waals surface area contributed by atoms with Crippen LogP contribution in [0.2, 0.25) is 10.0 Å². The highest BCUT2D eigenvalue weighted by Crippen LogP contribution is 2.36. The molecule has 14 heteroatoms. The van der Waals surface area contributed by atoms with Gasteiger partial charge in [0.15, 0.2) is 0 Å². The molecule has 5 aromatic rings. The van der Waals surface area contributed by atoms with E-state index in [1.807, 2.05) is 64.9 Å². The van der Waals surface area contributed by atoms with Gasteiger partial charge in [0.25, 0.3) is 5.91 Å². The van der Waals surface area contributed by atoms with E-state index in [9.17, 15) is 9.59 Å². The van der Waals surface area contributed by atoms with E-state index in [1.165, 1.54) is 64.2 Å². The minimum Gasteiger partial charge on any atom is -0.507 e. The number of carbonyl (C=O) groups is 2. The summed E-state index contributed by atoms with van der Waals surface area (Å²) in [6.07, 6.45) is 16.5. The van der Waals surface area contributed by atoms with Crippen molar-refractivity contribution >= 4 is 63.3 Å². The largest absolute Gasteiger partial charge is 0.507 e. The molecule has 4 aliphatic heterocycles. The predicted octanol–water partition coefficient (Wildman–Crippen LogP) is 17.7. The lowest BCUT2D eigenvalue weighted by Gasteiger charge is -2.52. The first-order valence-electron chi connectivity index (χ1n) is 31.3. The van der Waals surface area contributed by atoms with Crippen molar-refractivity contribution in [2.45, 2.75) is 164 Å². The molecule has 466 valence electrons. The summed E-state index contributed by atoms with van der Waals surface area (Å²) in [5.74, 6) is 2.44. The van der Waals surface area contributed by atoms with E-state index in [0.29, 0.717) is 57.3 Å². The first-order valence-corrected chi connectivity index (χ1v) is 34.0. The van der Waals surface area contributed by atoms with Crippen LogP contribution in [0.3, 0.4) is 0 Å². The van der Waals surface area contributed by atoms with Crippen molar-refractivity contribution in [3.05, 3.63) is 157 Å². The second-order valence-corrected chi connectivity index (χ2v) is 25.9. The Balaban J connectivity index is 0.000000252. The fraction of sp³-hybridized carbons (Fsp3) is 0.521. The van der Waals surface area contributed by atoms with Crippen molar-refractivity contribution < 1.29 is 19.4 Å². The Morgan fingerprint density at radius 3 is 1.75 bits per heavy atom. The van der Waals surface area contributed by atoms with Crippen LogP contribution in [-0.2, 0) is 4.79 Å². The maximum Gasteiger partial charge on any atom is 0.258 e. The van der Waals surface area contributed by atoms with Gasteiger partial charge >= 0.3 is 0 Å². The first kappa shape index (κ1) is 71.0. The van der Waals surface area contributed by atoms with Crippen LogP contribution in [0.4, 0.5) is 0 Å². The summed E-state index contributed by atoms with van der Waals surface area (Å²) in [7, 11) is 1.62. The smallest absolute Gasteiger partial charge is 0.258 e. The van der Waals surface area contributed by atoms with Gasteiger partial charge in [-0.2, -0.15) is 0 Å². The minimum atomic E-state index is 0.0954. The summed E-state index contributed by atoms with van der Waals surface area (Å²) in [5.41, 5.74) is 8.14. The van der Waals surface area contributed by atoms with Gasteiger partial charge in [-0.05, 0) is 136 Å². The predicted molar refractivity (Wildman–Crippen MR) is 365 cm³/mol. The van der Waals surface area contributed by atoms with Crippen LogP contribution in [0.5, 0.6) is 11.5 Å². The SMILES string of the molecule is C=C/C=C(\C=C/C)c1ccc([C@H](C)N2CCN(C3(C)CCN(C(C)=O)CC3)C[C@H]2C)cc1.CC.CC1CC1.CCC.COc1cscc1C(=O)N1CCC(N2CCN([C@@H](C)c3ccc(-c4cc(Cl)cc(Cl)c4)cc3)[C@H](C)C2)CC1.Oc1ccsc1. The summed E-state index contributed by atoms with van der Waals surface area (Å²) < 4.78 is 5.36. The number of thiophene rings is 2. The molecule has 0 spiro atoms. The van der Waals surface area contributed by atoms with Crippen LogP contribution >= 0.6 is 45.9 Å². The lowest BCUT2D eigenvalue weighted by molar-refractivity contribution is -0.132. The number of likely N-dealkylation sites (tertiary alicyclic amines) is 2. The van der Waals surface area contributed by atoms with Crippen LogP contribution < -0.4 is 4.74 Å². The van der Waals surface area contributed by atoms with Crippen molar-refractivity contribution in [3.63, 3.8) is 0 Å². The summed E-state index contributed by atoms with van der Waals surface area (Å²) in [6.45, 7) is 39.6. The first-order chi connectivity index (χ1) is 40.8. The van der Waals surface area contributed by atoms with Gasteiger partial charge in [0.1, 0.15) is 11.5 Å². The number of hydrogen-bond donors (Lipinski definition) is 1. The van der Waals surface area contributed by atoms with Crippen LogP contribution in [0.1, 0.15) is 167 Å². The Hall–Kier alpha value is -4.76. The topological polar surface area (TPSA) is 83.0 Å². The summed E-state index contributed by atoms with van der Waals surface area (Å²) in [6, 6.07) is 27.3. The van der Waals surface area contributed by atoms with Crippen molar-refractivity contribution in [1.82, 2.24) is 29.4 Å². The van der Waals surface area contributed by atoms with E-state index in [4.69, 9.17) is 33.0 Å². The van der Waals surface area contributed by atoms with E-state index < -0.39 is 0 Å². The molecule has 1 N–H and O–H groups in total. The van der Waals surface area contributed by atoms with Gasteiger partial charge < -0.3 is 19.6 Å². The quantitative estimate of drug-likeness (QED) is 0.124. The van der Waals surface area contributed by atoms with Crippen LogP contribution in [0.15, 0.2) is 125 Å². The lowest BCUT2D eigenvalue weighted by atomic mass is 9.86. The molecule has 10 rings (SSSR count). The molecule has 5 aliphatic rings. The Labute approximate surface area is 531 Å². The molecule has 1 saturated carbocycles. The number of benzene rings is 3. The number of hydrogen-bond acceptors (Lipinski definition) is 10. The molecule has 10 nitrogen and oxygen atoms in total. The van der Waals surface area contributed by atoms with E-state index in [1.54, 1.807) is 31.5 Å². The highest BCUT2D eigenvalue weighted by molar-refractivity contribution is 7.08. The lowest BCUT2D eigenvalue weighted by Crippen LogP contribution is -2.62. The summed E-state index contributed by atoms with van der Waals surface area (Å²) in [5, 5.41) is 17.1. The molecule has 1 aliphatic carbocycles. The summed E-state index contributed by atoms with van der Waals surface area (Å²) in [4.78, 5) is 39.3. The molecule has 6 heterocycles. The van der Waals surface area contributed by atoms with Gasteiger partial charge in [-0.15, -0.1) is 22.7 Å². The third-order valence-electron chi connectivity index (χ3n) is 17.1. The monoisotopic (exact) mass is 1240 g/mol. The van der Waals surface area contributed by atoms with Crippen LogP contribution in [-0.4, -0.2) is 143 Å². The molecule has 0 radical (unpaired) electrons. The number of aromatic hydroxyl groups is 1. The highest BCUT2D eigenvalue weighted by Gasteiger charge is 2.40. The third-order valence-corrected chi connectivity index (χ3v) is 18.9. The van der Waals surface area contributed by atoms with Crippen LogP contribution in [0, 0.1) is 5.92 Å². The number of rotatable bonds is 12. The molecule has 2 aromatic heterocycles. The number of amides is 2. The summed E-state index contributed by atoms with van der Waals surface area (Å²) >= 11 is 15.4. The number of carbonyl (C=O) groups excluding carboxylic acids is 2. The molecule has 4 atom stereocenters. The van der Waals surface area contributed by atoms with E-state index in [2.05, 4.69) is 148 Å². The zero-order valence-corrected chi connectivity index (χ0v) is 56.8. The van der Waals surface area contributed by atoms with Gasteiger partial charge in [0.05, 0.1) is 12.7 Å². The third kappa shape index (κ3) is 21.2. The number of allylic oxidation sites excluding steroid dienone is 5. The zero-order chi connectivity index (χ0) is 62.2. The van der Waals surface area contributed by atoms with E-state index >= 15 is 0 Å². The number of methoxy groups -OCH3 is 1. The number of ether oxygens (including phenoxy) is 1. The Kier molecular flexibility index (Phi) is 30.0. The maximum absolute atomic E-state index is 13.0. The normalized spacial score (nSPS) is 20.3. The van der Waals surface area contributed by atoms with Crippen molar-refractivity contribution in [2.24, 2.45) is 5.92 Å². The van der Waals surface area contributed by atoms with Gasteiger partial charge in [0.2, 0.25) is 5.91 Å². The molecule has 3 aromatic carbocycles. The molecule has 4 saturated heterocycles. The number of piperazine rings is 2. The van der Waals surface area contributed by atoms with Gasteiger partial charge in [-0.1, -0.05) is 156 Å².